The molecule has 0 bridgehead atoms. The maximum Gasteiger partial charge on any atom is 0.330 e. The van der Waals surface area contributed by atoms with Crippen LogP contribution in [0.4, 0.5) is 0 Å². The molecular formula is C31H29NO5. The predicted octanol–water partition coefficient (Wildman–Crippen LogP) is 6.16. The van der Waals surface area contributed by atoms with Gasteiger partial charge in [-0.3, -0.25) is 4.79 Å². The van der Waals surface area contributed by atoms with Crippen LogP contribution in [0.1, 0.15) is 30.9 Å². The zero-order valence-electron chi connectivity index (χ0n) is 20.8. The Bertz CT molecular complexity index is 1330. The topological polar surface area (TPSA) is 96.6 Å². The third-order valence-electron chi connectivity index (χ3n) is 7.26. The molecule has 1 saturated carbocycles. The summed E-state index contributed by atoms with van der Waals surface area (Å²) < 4.78 is 11.2. The second-order valence-corrected chi connectivity index (χ2v) is 9.69. The van der Waals surface area contributed by atoms with E-state index in [1.54, 1.807) is 30.3 Å². The molecule has 0 saturated heterocycles. The third-order valence-corrected chi connectivity index (χ3v) is 7.26. The minimum Gasteiger partial charge on any atom is -0.481 e. The van der Waals surface area contributed by atoms with Gasteiger partial charge in [0.1, 0.15) is 16.9 Å². The number of carbonyl (C=O) groups excluding carboxylic acids is 1. The first-order valence-electron chi connectivity index (χ1n) is 12.2. The van der Waals surface area contributed by atoms with Crippen molar-refractivity contribution in [2.45, 2.75) is 26.2 Å². The number of carboxylic acids is 1. The minimum atomic E-state index is -1.41. The number of benzene rings is 3. The molecule has 0 radical (unpaired) electrons. The first kappa shape index (κ1) is 25.7. The number of carboxylic acid groups (broad SMARTS) is 1. The Morgan fingerprint density at radius 2 is 1.65 bits per heavy atom. The molecule has 37 heavy (non-hydrogen) atoms. The Kier molecular flexibility index (Phi) is 7.45. The molecule has 1 aliphatic carbocycles. The van der Waals surface area contributed by atoms with Gasteiger partial charge in [0.25, 0.3) is 0 Å². The normalized spacial score (nSPS) is 20.5. The fourth-order valence-electron chi connectivity index (χ4n) is 5.27. The lowest BCUT2D eigenvalue weighted by Gasteiger charge is -2.22. The van der Waals surface area contributed by atoms with Crippen LogP contribution in [0.3, 0.4) is 0 Å². The summed E-state index contributed by atoms with van der Waals surface area (Å²) in [7, 11) is 0. The van der Waals surface area contributed by atoms with E-state index in [0.717, 1.165) is 5.56 Å². The number of carbonyl (C=O) groups is 2. The minimum absolute atomic E-state index is 0.223. The van der Waals surface area contributed by atoms with Crippen LogP contribution in [0, 0.1) is 28.1 Å². The van der Waals surface area contributed by atoms with E-state index < -0.39 is 34.6 Å². The zero-order chi connectivity index (χ0) is 26.5. The monoisotopic (exact) mass is 495 g/mol. The summed E-state index contributed by atoms with van der Waals surface area (Å²) >= 11 is 0. The molecule has 6 nitrogen and oxygen atoms in total. The number of nitrogens with zero attached hydrogens (tertiary/aromatic N) is 1. The highest BCUT2D eigenvalue weighted by molar-refractivity contribution is 5.86. The predicted molar refractivity (Wildman–Crippen MR) is 139 cm³/mol. The highest BCUT2D eigenvalue weighted by atomic mass is 16.5. The summed E-state index contributed by atoms with van der Waals surface area (Å²) in [6, 6.07) is 28.1. The summed E-state index contributed by atoms with van der Waals surface area (Å²) in [5.41, 5.74) is -0.569. The number of rotatable bonds is 10. The number of hydrogen-bond donors (Lipinski definition) is 1. The van der Waals surface area contributed by atoms with Crippen LogP contribution < -0.4 is 4.74 Å². The number of para-hydroxylation sites is 1. The van der Waals surface area contributed by atoms with Crippen LogP contribution in [-0.2, 0) is 20.7 Å². The highest BCUT2D eigenvalue weighted by Crippen LogP contribution is 2.75. The maximum absolute atomic E-state index is 12.7. The Morgan fingerprint density at radius 3 is 2.30 bits per heavy atom. The van der Waals surface area contributed by atoms with Crippen LogP contribution in [-0.4, -0.2) is 23.7 Å². The largest absolute Gasteiger partial charge is 0.481 e. The van der Waals surface area contributed by atoms with Crippen molar-refractivity contribution in [2.24, 2.45) is 16.7 Å². The molecule has 1 N–H and O–H groups in total. The van der Waals surface area contributed by atoms with Gasteiger partial charge < -0.3 is 14.6 Å². The van der Waals surface area contributed by atoms with E-state index in [2.05, 4.69) is 6.07 Å². The Morgan fingerprint density at radius 1 is 1.00 bits per heavy atom. The van der Waals surface area contributed by atoms with E-state index in [0.29, 0.717) is 23.5 Å². The SMILES string of the molecule is CC1(C)[C@H](/C=C\C(=O)OCCc2ccccc2)[C@@]1(C(=O)O)[C@@H](C#N)c1cccc(Oc2ccccc2)c1. The van der Waals surface area contributed by atoms with E-state index in [-0.39, 0.29) is 6.61 Å². The second kappa shape index (κ2) is 10.7. The molecule has 0 spiro atoms. The van der Waals surface area contributed by atoms with E-state index in [1.807, 2.05) is 74.5 Å². The molecule has 188 valence electrons. The van der Waals surface area contributed by atoms with Crippen molar-refractivity contribution >= 4 is 11.9 Å². The third kappa shape index (κ3) is 5.12. The molecule has 3 atom stereocenters. The van der Waals surface area contributed by atoms with Crippen LogP contribution in [0.5, 0.6) is 11.5 Å². The molecule has 3 aromatic carbocycles. The number of nitriles is 1. The smallest absolute Gasteiger partial charge is 0.330 e. The lowest BCUT2D eigenvalue weighted by molar-refractivity contribution is -0.145. The summed E-state index contributed by atoms with van der Waals surface area (Å²) in [5.74, 6) is -1.96. The van der Waals surface area contributed by atoms with Gasteiger partial charge in [-0.25, -0.2) is 4.79 Å². The van der Waals surface area contributed by atoms with Gasteiger partial charge in [-0.15, -0.1) is 0 Å². The standard InChI is InChI=1S/C31H29NO5/c1-30(2)27(16-17-28(33)36-19-18-22-10-5-3-6-11-22)31(30,29(34)35)26(21-32)23-12-9-15-25(20-23)37-24-13-7-4-8-14-24/h3-17,20,26-27H,18-19H2,1-2H3,(H,34,35)/b17-16-/t26-,27-,31+/m0/s1. The summed E-state index contributed by atoms with van der Waals surface area (Å²) in [6.07, 6.45) is 3.45. The fourth-order valence-corrected chi connectivity index (χ4v) is 5.27. The van der Waals surface area contributed by atoms with Crippen molar-refractivity contribution in [3.05, 3.63) is 108 Å². The number of allylic oxidation sites excluding steroid dienone is 1. The first-order chi connectivity index (χ1) is 17.8. The van der Waals surface area contributed by atoms with E-state index in [1.165, 1.54) is 6.08 Å². The molecule has 3 aromatic rings. The van der Waals surface area contributed by atoms with Gasteiger partial charge in [0.2, 0.25) is 0 Å². The quantitative estimate of drug-likeness (QED) is 0.267. The molecule has 0 heterocycles. The van der Waals surface area contributed by atoms with Crippen molar-refractivity contribution < 1.29 is 24.2 Å². The number of ether oxygens (including phenoxy) is 2. The highest BCUT2D eigenvalue weighted by Gasteiger charge is 2.78. The number of aliphatic carboxylic acids is 1. The van der Waals surface area contributed by atoms with E-state index in [4.69, 9.17) is 9.47 Å². The van der Waals surface area contributed by atoms with Gasteiger partial charge in [-0.1, -0.05) is 80.6 Å². The molecule has 6 heteroatoms. The van der Waals surface area contributed by atoms with Gasteiger partial charge in [-0.2, -0.15) is 5.26 Å². The second-order valence-electron chi connectivity index (χ2n) is 9.69. The summed E-state index contributed by atoms with van der Waals surface area (Å²) in [4.78, 5) is 25.0. The van der Waals surface area contributed by atoms with Crippen LogP contribution >= 0.6 is 0 Å². The molecular weight excluding hydrogens is 466 g/mol. The number of hydrogen-bond acceptors (Lipinski definition) is 5. The van der Waals surface area contributed by atoms with Gasteiger partial charge in [0, 0.05) is 18.4 Å². The number of esters is 1. The van der Waals surface area contributed by atoms with Gasteiger partial charge in [0.15, 0.2) is 0 Å². The van der Waals surface area contributed by atoms with Crippen LogP contribution in [0.2, 0.25) is 0 Å². The Labute approximate surface area is 216 Å². The average Bonchev–Trinajstić information content (AvgIpc) is 3.39. The van der Waals surface area contributed by atoms with Gasteiger partial charge in [0.05, 0.1) is 18.6 Å². The van der Waals surface area contributed by atoms with Crippen molar-refractivity contribution in [3.8, 4) is 17.6 Å². The van der Waals surface area contributed by atoms with Gasteiger partial charge >= 0.3 is 11.9 Å². The lowest BCUT2D eigenvalue weighted by atomic mass is 9.78. The van der Waals surface area contributed by atoms with E-state index >= 15 is 0 Å². The first-order valence-corrected chi connectivity index (χ1v) is 12.2. The zero-order valence-corrected chi connectivity index (χ0v) is 20.8. The van der Waals surface area contributed by atoms with Crippen molar-refractivity contribution in [1.29, 1.82) is 5.26 Å². The molecule has 1 fully saturated rings. The van der Waals surface area contributed by atoms with E-state index in [9.17, 15) is 20.0 Å². The van der Waals surface area contributed by atoms with Crippen molar-refractivity contribution in [3.63, 3.8) is 0 Å². The van der Waals surface area contributed by atoms with Crippen molar-refractivity contribution in [1.82, 2.24) is 0 Å². The molecule has 0 aromatic heterocycles. The van der Waals surface area contributed by atoms with Crippen molar-refractivity contribution in [2.75, 3.05) is 6.61 Å². The molecule has 0 aliphatic heterocycles. The average molecular weight is 496 g/mol. The lowest BCUT2D eigenvalue weighted by Crippen LogP contribution is -2.28. The fraction of sp³-hybridized carbons (Fsp3) is 0.258. The summed E-state index contributed by atoms with van der Waals surface area (Å²) in [5, 5.41) is 20.5. The van der Waals surface area contributed by atoms with Gasteiger partial charge in [-0.05, 0) is 40.8 Å². The summed E-state index contributed by atoms with van der Waals surface area (Å²) in [6.45, 7) is 3.84. The van der Waals surface area contributed by atoms with Crippen LogP contribution in [0.25, 0.3) is 0 Å². The Balaban J connectivity index is 1.51. The van der Waals surface area contributed by atoms with Crippen LogP contribution in [0.15, 0.2) is 97.1 Å². The molecule has 0 unspecified atom stereocenters. The molecule has 0 amide bonds. The molecule has 1 aliphatic rings. The Hall–Kier alpha value is -4.37. The molecule has 4 rings (SSSR count). The maximum atomic E-state index is 12.7.